The quantitative estimate of drug-likeness (QED) is 0.776. The van der Waals surface area contributed by atoms with Gasteiger partial charge in [-0.05, 0) is 47.8 Å². The maximum atomic E-state index is 5.44. The number of fused-ring (bicyclic) bond motifs is 2. The van der Waals surface area contributed by atoms with Crippen molar-refractivity contribution in [1.82, 2.24) is 4.90 Å². The minimum Gasteiger partial charge on any atom is -0.481 e. The molecule has 3 rings (SSSR count). The number of hydrogen-bond acceptors (Lipinski definition) is 2. The zero-order chi connectivity index (χ0) is 15.8. The summed E-state index contributed by atoms with van der Waals surface area (Å²) in [4.78, 5) is 2.69. The molecule has 2 atom stereocenters. The molecular formula is C20H27NO. The molecule has 2 nitrogen and oxygen atoms in total. The summed E-state index contributed by atoms with van der Waals surface area (Å²) in [6, 6.07) is 9.13. The summed E-state index contributed by atoms with van der Waals surface area (Å²) in [5, 5.41) is 0. The molecule has 2 heteroatoms. The van der Waals surface area contributed by atoms with Crippen LogP contribution >= 0.6 is 0 Å². The molecule has 118 valence electrons. The van der Waals surface area contributed by atoms with Crippen LogP contribution in [-0.2, 0) is 6.54 Å². The molecule has 1 aliphatic heterocycles. The summed E-state index contributed by atoms with van der Waals surface area (Å²) in [5.74, 6) is 3.35. The number of rotatable bonds is 4. The van der Waals surface area contributed by atoms with Gasteiger partial charge in [0.25, 0.3) is 0 Å². The van der Waals surface area contributed by atoms with Crippen LogP contribution in [0.4, 0.5) is 0 Å². The fraction of sp³-hybridized carbons (Fsp3) is 0.600. The predicted octanol–water partition coefficient (Wildman–Crippen LogP) is 4.10. The zero-order valence-corrected chi connectivity index (χ0v) is 14.1. The van der Waals surface area contributed by atoms with E-state index in [-0.39, 0.29) is 0 Å². The topological polar surface area (TPSA) is 12.5 Å². The lowest BCUT2D eigenvalue weighted by molar-refractivity contribution is 0.126. The van der Waals surface area contributed by atoms with Gasteiger partial charge in [-0.25, -0.2) is 0 Å². The largest absolute Gasteiger partial charge is 0.481 e. The van der Waals surface area contributed by atoms with Crippen LogP contribution in [0.15, 0.2) is 24.3 Å². The Morgan fingerprint density at radius 2 is 1.95 bits per heavy atom. The zero-order valence-electron chi connectivity index (χ0n) is 14.1. The third-order valence-corrected chi connectivity index (χ3v) is 5.15. The second kappa shape index (κ2) is 5.63. The summed E-state index contributed by atoms with van der Waals surface area (Å²) >= 11 is 0. The van der Waals surface area contributed by atoms with Crippen molar-refractivity contribution < 1.29 is 4.74 Å². The molecule has 0 N–H and O–H groups in total. The molecule has 1 aromatic carbocycles. The van der Waals surface area contributed by atoms with E-state index in [1.54, 1.807) is 0 Å². The normalized spacial score (nSPS) is 30.0. The van der Waals surface area contributed by atoms with Crippen LogP contribution in [0.2, 0.25) is 0 Å². The molecule has 22 heavy (non-hydrogen) atoms. The summed E-state index contributed by atoms with van der Waals surface area (Å²) in [7, 11) is 0. The van der Waals surface area contributed by atoms with Crippen molar-refractivity contribution in [1.29, 1.82) is 0 Å². The Labute approximate surface area is 134 Å². The van der Waals surface area contributed by atoms with Gasteiger partial charge in [0.15, 0.2) is 0 Å². The molecule has 0 aromatic heterocycles. The summed E-state index contributed by atoms with van der Waals surface area (Å²) in [5.41, 5.74) is 2.35. The Morgan fingerprint density at radius 3 is 2.64 bits per heavy atom. The van der Waals surface area contributed by atoms with Gasteiger partial charge in [0, 0.05) is 19.1 Å². The maximum Gasteiger partial charge on any atom is 0.148 e. The monoisotopic (exact) mass is 297 g/mol. The van der Waals surface area contributed by atoms with Crippen LogP contribution < -0.4 is 4.74 Å². The van der Waals surface area contributed by atoms with Gasteiger partial charge in [0.2, 0.25) is 0 Å². The van der Waals surface area contributed by atoms with Crippen molar-refractivity contribution in [3.05, 3.63) is 29.8 Å². The van der Waals surface area contributed by atoms with E-state index in [9.17, 15) is 0 Å². The highest BCUT2D eigenvalue weighted by Gasteiger charge is 2.49. The fourth-order valence-electron chi connectivity index (χ4n) is 4.81. The molecule has 2 unspecified atom stereocenters. The Kier molecular flexibility index (Phi) is 3.95. The average molecular weight is 297 g/mol. The van der Waals surface area contributed by atoms with Gasteiger partial charge in [-0.15, -0.1) is 6.42 Å². The molecule has 1 heterocycles. The third kappa shape index (κ3) is 3.31. The predicted molar refractivity (Wildman–Crippen MR) is 90.7 cm³/mol. The Balaban J connectivity index is 1.66. The van der Waals surface area contributed by atoms with Crippen LogP contribution in [0.3, 0.4) is 0 Å². The molecule has 2 aliphatic rings. The average Bonchev–Trinajstić information content (AvgIpc) is 2.66. The number of hydrogen-bond donors (Lipinski definition) is 0. The lowest BCUT2D eigenvalue weighted by atomic mass is 9.65. The van der Waals surface area contributed by atoms with Gasteiger partial charge in [0.05, 0.1) is 0 Å². The van der Waals surface area contributed by atoms with E-state index in [1.165, 1.54) is 31.4 Å². The number of likely N-dealkylation sites (tertiary alicyclic amines) is 1. The van der Waals surface area contributed by atoms with Crippen molar-refractivity contribution in [2.75, 3.05) is 13.2 Å². The molecule has 1 saturated heterocycles. The smallest absolute Gasteiger partial charge is 0.148 e. The van der Waals surface area contributed by atoms with E-state index in [0.29, 0.717) is 17.4 Å². The Morgan fingerprint density at radius 1 is 1.23 bits per heavy atom. The van der Waals surface area contributed by atoms with E-state index in [1.807, 2.05) is 12.1 Å². The standard InChI is InChI=1S/C20H27NO/c1-5-10-22-18-8-6-16(7-9-18)13-21-15-20(4)12-17(21)11-19(2,3)14-20/h1,6-9,17H,10-15H2,2-4H3. The number of benzene rings is 1. The highest BCUT2D eigenvalue weighted by molar-refractivity contribution is 5.27. The van der Waals surface area contributed by atoms with Crippen molar-refractivity contribution in [2.45, 2.75) is 52.6 Å². The number of nitrogens with zero attached hydrogens (tertiary/aromatic N) is 1. The van der Waals surface area contributed by atoms with Crippen molar-refractivity contribution in [2.24, 2.45) is 10.8 Å². The lowest BCUT2D eigenvalue weighted by Crippen LogP contribution is -2.34. The highest BCUT2D eigenvalue weighted by atomic mass is 16.5. The van der Waals surface area contributed by atoms with E-state index < -0.39 is 0 Å². The second-order valence-electron chi connectivity index (χ2n) is 8.26. The molecule has 2 fully saturated rings. The lowest BCUT2D eigenvalue weighted by Gasteiger charge is -2.40. The first-order chi connectivity index (χ1) is 10.4. The molecule has 0 radical (unpaired) electrons. The van der Waals surface area contributed by atoms with E-state index >= 15 is 0 Å². The van der Waals surface area contributed by atoms with Crippen LogP contribution in [0.5, 0.6) is 5.75 Å². The van der Waals surface area contributed by atoms with E-state index in [2.05, 4.69) is 43.7 Å². The van der Waals surface area contributed by atoms with E-state index in [0.717, 1.165) is 18.3 Å². The van der Waals surface area contributed by atoms with Gasteiger partial charge in [-0.1, -0.05) is 38.8 Å². The van der Waals surface area contributed by atoms with Gasteiger partial charge in [0.1, 0.15) is 12.4 Å². The fourth-order valence-corrected chi connectivity index (χ4v) is 4.81. The van der Waals surface area contributed by atoms with E-state index in [4.69, 9.17) is 11.2 Å². The first kappa shape index (κ1) is 15.4. The van der Waals surface area contributed by atoms with Crippen molar-refractivity contribution in [3.8, 4) is 18.1 Å². The van der Waals surface area contributed by atoms with Crippen molar-refractivity contribution in [3.63, 3.8) is 0 Å². The van der Waals surface area contributed by atoms with Crippen LogP contribution in [0, 0.1) is 23.2 Å². The first-order valence-corrected chi connectivity index (χ1v) is 8.28. The Hall–Kier alpha value is -1.46. The first-order valence-electron chi connectivity index (χ1n) is 8.28. The summed E-state index contributed by atoms with van der Waals surface area (Å²) < 4.78 is 5.44. The van der Waals surface area contributed by atoms with Gasteiger partial charge >= 0.3 is 0 Å². The Bertz CT molecular complexity index is 568. The minimum atomic E-state index is 0.334. The SMILES string of the molecule is C#CCOc1ccc(CN2CC3(C)CC2CC(C)(C)C3)cc1. The molecular weight excluding hydrogens is 270 g/mol. The summed E-state index contributed by atoms with van der Waals surface area (Å²) in [6.45, 7) is 9.94. The minimum absolute atomic E-state index is 0.334. The molecule has 1 saturated carbocycles. The second-order valence-corrected chi connectivity index (χ2v) is 8.26. The summed E-state index contributed by atoms with van der Waals surface area (Å²) in [6.07, 6.45) is 9.26. The van der Waals surface area contributed by atoms with Crippen molar-refractivity contribution >= 4 is 0 Å². The molecule has 0 amide bonds. The van der Waals surface area contributed by atoms with Crippen LogP contribution in [-0.4, -0.2) is 24.1 Å². The van der Waals surface area contributed by atoms with Crippen LogP contribution in [0.25, 0.3) is 0 Å². The van der Waals surface area contributed by atoms with Gasteiger partial charge < -0.3 is 4.74 Å². The van der Waals surface area contributed by atoms with Gasteiger partial charge in [-0.3, -0.25) is 4.90 Å². The number of ether oxygens (including phenoxy) is 1. The maximum absolute atomic E-state index is 5.44. The molecule has 2 bridgehead atoms. The van der Waals surface area contributed by atoms with Gasteiger partial charge in [-0.2, -0.15) is 0 Å². The molecule has 1 aliphatic carbocycles. The van der Waals surface area contributed by atoms with Crippen LogP contribution in [0.1, 0.15) is 45.6 Å². The highest BCUT2D eigenvalue weighted by Crippen LogP contribution is 2.52. The number of terminal acetylenes is 1. The third-order valence-electron chi connectivity index (χ3n) is 5.15. The molecule has 0 spiro atoms. The molecule has 1 aromatic rings.